The zero-order valence-electron chi connectivity index (χ0n) is 17.7. The van der Waals surface area contributed by atoms with E-state index >= 15 is 0 Å². The molecule has 0 heterocycles. The molecular weight excluding hydrogens is 463 g/mol. The Morgan fingerprint density at radius 1 is 1.31 bits per heavy atom. The molecule has 1 amide bonds. The number of hydrogen-bond acceptors (Lipinski definition) is 4. The van der Waals surface area contributed by atoms with Gasteiger partial charge in [-0.25, -0.2) is 4.79 Å². The summed E-state index contributed by atoms with van der Waals surface area (Å²) in [4.78, 5) is 18.5. The fraction of sp³-hybridized carbons (Fsp3) is 0.889. The average Bonchev–Trinajstić information content (AvgIpc) is 2.49. The van der Waals surface area contributed by atoms with Crippen LogP contribution in [-0.2, 0) is 4.74 Å². The third-order valence-corrected chi connectivity index (χ3v) is 4.36. The van der Waals surface area contributed by atoms with Gasteiger partial charge in [-0.3, -0.25) is 4.99 Å². The van der Waals surface area contributed by atoms with Gasteiger partial charge in [-0.15, -0.1) is 24.0 Å². The molecule has 26 heavy (non-hydrogen) atoms. The summed E-state index contributed by atoms with van der Waals surface area (Å²) >= 11 is 1.85. The van der Waals surface area contributed by atoms with E-state index < -0.39 is 5.60 Å². The van der Waals surface area contributed by atoms with Gasteiger partial charge in [0, 0.05) is 33.2 Å². The fourth-order valence-electron chi connectivity index (χ4n) is 2.27. The predicted octanol–water partition coefficient (Wildman–Crippen LogP) is 3.80. The van der Waals surface area contributed by atoms with E-state index in [1.54, 1.807) is 7.05 Å². The number of carbonyl (C=O) groups is 1. The second-order valence-electron chi connectivity index (χ2n) is 7.53. The van der Waals surface area contributed by atoms with Gasteiger partial charge in [0.05, 0.1) is 0 Å². The zero-order valence-corrected chi connectivity index (χ0v) is 20.9. The molecule has 0 spiro atoms. The largest absolute Gasteiger partial charge is 0.444 e. The minimum absolute atomic E-state index is 0. The number of nitrogens with zero attached hydrogens (tertiary/aromatic N) is 2. The van der Waals surface area contributed by atoms with Crippen LogP contribution in [-0.4, -0.2) is 67.8 Å². The maximum absolute atomic E-state index is 12.0. The molecule has 1 atom stereocenters. The smallest absolute Gasteiger partial charge is 0.407 e. The molecule has 8 heteroatoms. The number of guanidine groups is 1. The molecule has 0 aromatic heterocycles. The lowest BCUT2D eigenvalue weighted by Gasteiger charge is -2.28. The number of amides is 1. The Bertz CT molecular complexity index is 414. The number of alkyl carbamates (subject to hydrolysis) is 1. The van der Waals surface area contributed by atoms with Crippen LogP contribution in [0.2, 0.25) is 0 Å². The van der Waals surface area contributed by atoms with E-state index in [0.29, 0.717) is 5.92 Å². The number of rotatable bonds is 9. The average molecular weight is 503 g/mol. The zero-order chi connectivity index (χ0) is 19.5. The van der Waals surface area contributed by atoms with Crippen molar-refractivity contribution < 1.29 is 9.53 Å². The van der Waals surface area contributed by atoms with Crippen LogP contribution < -0.4 is 10.6 Å². The highest BCUT2D eigenvalue weighted by Crippen LogP contribution is 2.11. The highest BCUT2D eigenvalue weighted by Gasteiger charge is 2.22. The molecule has 6 nitrogen and oxygen atoms in total. The number of halogens is 1. The maximum Gasteiger partial charge on any atom is 0.407 e. The second-order valence-corrected chi connectivity index (χ2v) is 8.51. The molecule has 0 bridgehead atoms. The SMILES string of the molecule is CN=C(NCCCSC)N(C)CCC(NC(=O)OC(C)(C)C)C(C)C.I. The number of hydrogen-bond donors (Lipinski definition) is 2. The van der Waals surface area contributed by atoms with E-state index in [-0.39, 0.29) is 36.1 Å². The summed E-state index contributed by atoms with van der Waals surface area (Å²) in [7, 11) is 3.82. The minimum Gasteiger partial charge on any atom is -0.444 e. The number of carbonyl (C=O) groups excluding carboxylic acids is 1. The topological polar surface area (TPSA) is 66.0 Å². The van der Waals surface area contributed by atoms with Gasteiger partial charge in [0.1, 0.15) is 5.60 Å². The van der Waals surface area contributed by atoms with E-state index in [2.05, 4.69) is 40.6 Å². The summed E-state index contributed by atoms with van der Waals surface area (Å²) in [5.41, 5.74) is -0.481. The first-order valence-electron chi connectivity index (χ1n) is 9.01. The van der Waals surface area contributed by atoms with Gasteiger partial charge in [0.15, 0.2) is 5.96 Å². The van der Waals surface area contributed by atoms with Crippen molar-refractivity contribution in [1.29, 1.82) is 0 Å². The van der Waals surface area contributed by atoms with Crippen molar-refractivity contribution in [3.8, 4) is 0 Å². The monoisotopic (exact) mass is 502 g/mol. The van der Waals surface area contributed by atoms with E-state index in [9.17, 15) is 4.79 Å². The molecule has 0 aliphatic carbocycles. The van der Waals surface area contributed by atoms with Crippen LogP contribution >= 0.6 is 35.7 Å². The van der Waals surface area contributed by atoms with Crippen molar-refractivity contribution in [2.45, 2.75) is 59.1 Å². The highest BCUT2D eigenvalue weighted by atomic mass is 127. The van der Waals surface area contributed by atoms with Crippen molar-refractivity contribution in [1.82, 2.24) is 15.5 Å². The quantitative estimate of drug-likeness (QED) is 0.217. The summed E-state index contributed by atoms with van der Waals surface area (Å²) in [5, 5.41) is 6.37. The Labute approximate surface area is 181 Å². The fourth-order valence-corrected chi connectivity index (χ4v) is 2.70. The molecule has 0 aliphatic rings. The molecule has 0 saturated carbocycles. The lowest BCUT2D eigenvalue weighted by atomic mass is 10.0. The summed E-state index contributed by atoms with van der Waals surface area (Å²) in [6.07, 6.45) is 3.71. The summed E-state index contributed by atoms with van der Waals surface area (Å²) in [5.74, 6) is 2.36. The molecule has 0 aromatic carbocycles. The van der Waals surface area contributed by atoms with Gasteiger partial charge in [0.25, 0.3) is 0 Å². The Kier molecular flexibility index (Phi) is 15.7. The standard InChI is InChI=1S/C18H38N4O2S.HI/c1-14(2)15(21-17(23)24-18(3,4)5)10-12-22(7)16(19-6)20-11-9-13-25-8;/h14-15H,9-13H2,1-8H3,(H,19,20)(H,21,23);1H. The van der Waals surface area contributed by atoms with Crippen molar-refractivity contribution in [3.05, 3.63) is 0 Å². The maximum atomic E-state index is 12.0. The van der Waals surface area contributed by atoms with Crippen LogP contribution in [0, 0.1) is 5.92 Å². The third-order valence-electron chi connectivity index (χ3n) is 3.66. The van der Waals surface area contributed by atoms with Crippen LogP contribution in [0.5, 0.6) is 0 Å². The number of nitrogens with one attached hydrogen (secondary N) is 2. The molecule has 0 fully saturated rings. The Hall–Kier alpha value is -0.380. The number of ether oxygens (including phenoxy) is 1. The van der Waals surface area contributed by atoms with Crippen LogP contribution in [0.4, 0.5) is 4.79 Å². The predicted molar refractivity (Wildman–Crippen MR) is 125 cm³/mol. The molecular formula is C18H39IN4O2S. The number of aliphatic imine (C=N–C) groups is 1. The Balaban J connectivity index is 0. The number of thioether (sulfide) groups is 1. The molecule has 1 unspecified atom stereocenters. The van der Waals surface area contributed by atoms with Crippen LogP contribution in [0.25, 0.3) is 0 Å². The summed E-state index contributed by atoms with van der Waals surface area (Å²) in [6.45, 7) is 11.6. The molecule has 0 rings (SSSR count). The molecule has 2 N–H and O–H groups in total. The van der Waals surface area contributed by atoms with Gasteiger partial charge in [0.2, 0.25) is 0 Å². The lowest BCUT2D eigenvalue weighted by molar-refractivity contribution is 0.0486. The van der Waals surface area contributed by atoms with E-state index in [4.69, 9.17) is 4.74 Å². The first-order chi connectivity index (χ1) is 11.6. The van der Waals surface area contributed by atoms with E-state index in [0.717, 1.165) is 37.6 Å². The van der Waals surface area contributed by atoms with Crippen molar-refractivity contribution in [2.24, 2.45) is 10.9 Å². The van der Waals surface area contributed by atoms with Crippen molar-refractivity contribution in [3.63, 3.8) is 0 Å². The van der Waals surface area contributed by atoms with E-state index in [1.807, 2.05) is 39.6 Å². The van der Waals surface area contributed by atoms with Gasteiger partial charge in [-0.05, 0) is 51.5 Å². The first kappa shape index (κ1) is 27.8. The summed E-state index contributed by atoms with van der Waals surface area (Å²) in [6, 6.07) is 0.0619. The van der Waals surface area contributed by atoms with E-state index in [1.165, 1.54) is 0 Å². The van der Waals surface area contributed by atoms with Gasteiger partial charge < -0.3 is 20.3 Å². The molecule has 0 saturated heterocycles. The highest BCUT2D eigenvalue weighted by molar-refractivity contribution is 14.0. The molecule has 0 aromatic rings. The Morgan fingerprint density at radius 3 is 2.38 bits per heavy atom. The molecule has 0 aliphatic heterocycles. The molecule has 0 radical (unpaired) electrons. The molecule has 156 valence electrons. The second kappa shape index (κ2) is 14.6. The normalized spacial score (nSPS) is 13.0. The minimum atomic E-state index is -0.481. The van der Waals surface area contributed by atoms with Gasteiger partial charge in [-0.1, -0.05) is 13.8 Å². The van der Waals surface area contributed by atoms with Crippen molar-refractivity contribution >= 4 is 47.8 Å². The van der Waals surface area contributed by atoms with Crippen molar-refractivity contribution in [2.75, 3.05) is 39.2 Å². The summed E-state index contributed by atoms with van der Waals surface area (Å²) < 4.78 is 5.37. The first-order valence-corrected chi connectivity index (χ1v) is 10.4. The van der Waals surface area contributed by atoms with Gasteiger partial charge in [-0.2, -0.15) is 11.8 Å². The van der Waals surface area contributed by atoms with Crippen LogP contribution in [0.1, 0.15) is 47.5 Å². The lowest BCUT2D eigenvalue weighted by Crippen LogP contribution is -2.45. The van der Waals surface area contributed by atoms with Crippen LogP contribution in [0.15, 0.2) is 4.99 Å². The van der Waals surface area contributed by atoms with Gasteiger partial charge >= 0.3 is 6.09 Å². The third kappa shape index (κ3) is 13.8. The van der Waals surface area contributed by atoms with Crippen LogP contribution in [0.3, 0.4) is 0 Å². The Morgan fingerprint density at radius 2 is 1.92 bits per heavy atom.